The van der Waals surface area contributed by atoms with Gasteiger partial charge in [0.15, 0.2) is 5.88 Å². The van der Waals surface area contributed by atoms with E-state index in [1.807, 2.05) is 0 Å². The minimum atomic E-state index is -0.295. The molecule has 0 aliphatic heterocycles. The first-order valence-corrected chi connectivity index (χ1v) is 3.23. The molecule has 0 amide bonds. The van der Waals surface area contributed by atoms with Crippen LogP contribution >= 0.6 is 0 Å². The minimum Gasteiger partial charge on any atom is -0.495 e. The van der Waals surface area contributed by atoms with Crippen LogP contribution in [0.1, 0.15) is 0 Å². The van der Waals surface area contributed by atoms with Crippen LogP contribution in [0.5, 0.6) is 5.88 Å². The Morgan fingerprint density at radius 1 is 1.27 bits per heavy atom. The maximum absolute atomic E-state index is 12.6. The molecular formula is C8H6FNO. The van der Waals surface area contributed by atoms with Crippen LogP contribution < -0.4 is 0 Å². The van der Waals surface area contributed by atoms with E-state index in [2.05, 4.69) is 4.98 Å². The number of rotatable bonds is 0. The van der Waals surface area contributed by atoms with Crippen molar-refractivity contribution in [2.45, 2.75) is 0 Å². The number of aromatic hydroxyl groups is 1. The van der Waals surface area contributed by atoms with Gasteiger partial charge in [0.05, 0.1) is 0 Å². The van der Waals surface area contributed by atoms with Gasteiger partial charge >= 0.3 is 0 Å². The monoisotopic (exact) mass is 151 g/mol. The van der Waals surface area contributed by atoms with Gasteiger partial charge in [-0.2, -0.15) is 0 Å². The highest BCUT2D eigenvalue weighted by molar-refractivity contribution is 5.81. The van der Waals surface area contributed by atoms with E-state index < -0.39 is 0 Å². The standard InChI is InChI=1S/C8H6FNO/c9-6-1-2-7-5(3-6)4-8(11)10-7/h1-4,10-11H. The summed E-state index contributed by atoms with van der Waals surface area (Å²) in [7, 11) is 0. The molecule has 3 heteroatoms. The summed E-state index contributed by atoms with van der Waals surface area (Å²) in [5.74, 6) is -0.234. The third kappa shape index (κ3) is 0.941. The van der Waals surface area contributed by atoms with E-state index in [0.717, 1.165) is 5.52 Å². The van der Waals surface area contributed by atoms with Gasteiger partial charge in [0.25, 0.3) is 0 Å². The molecule has 56 valence electrons. The van der Waals surface area contributed by atoms with Crippen LogP contribution in [0.4, 0.5) is 4.39 Å². The predicted molar refractivity (Wildman–Crippen MR) is 39.9 cm³/mol. The number of halogens is 1. The first-order valence-electron chi connectivity index (χ1n) is 3.23. The van der Waals surface area contributed by atoms with Gasteiger partial charge in [0, 0.05) is 17.0 Å². The number of aromatic amines is 1. The summed E-state index contributed by atoms with van der Waals surface area (Å²) in [5.41, 5.74) is 0.740. The van der Waals surface area contributed by atoms with E-state index in [9.17, 15) is 4.39 Å². The summed E-state index contributed by atoms with van der Waals surface area (Å²) in [5, 5.41) is 9.65. The quantitative estimate of drug-likeness (QED) is 0.593. The molecule has 0 atom stereocenters. The summed E-state index contributed by atoms with van der Waals surface area (Å²) in [6.07, 6.45) is 0. The molecule has 0 saturated heterocycles. The Morgan fingerprint density at radius 2 is 2.09 bits per heavy atom. The van der Waals surface area contributed by atoms with E-state index in [4.69, 9.17) is 5.11 Å². The number of fused-ring (bicyclic) bond motifs is 1. The molecule has 0 radical (unpaired) electrons. The van der Waals surface area contributed by atoms with Gasteiger partial charge in [-0.05, 0) is 18.2 Å². The molecule has 2 N–H and O–H groups in total. The normalized spacial score (nSPS) is 10.6. The van der Waals surface area contributed by atoms with Gasteiger partial charge in [-0.3, -0.25) is 0 Å². The number of hydrogen-bond acceptors (Lipinski definition) is 1. The molecule has 0 aliphatic rings. The summed E-state index contributed by atoms with van der Waals surface area (Å²) < 4.78 is 12.6. The second-order valence-electron chi connectivity index (χ2n) is 2.39. The van der Waals surface area contributed by atoms with Crippen LogP contribution in [0, 0.1) is 5.82 Å². The maximum atomic E-state index is 12.6. The first kappa shape index (κ1) is 6.22. The van der Waals surface area contributed by atoms with E-state index >= 15 is 0 Å². The maximum Gasteiger partial charge on any atom is 0.189 e. The Hall–Kier alpha value is -1.51. The molecule has 11 heavy (non-hydrogen) atoms. The van der Waals surface area contributed by atoms with E-state index in [1.54, 1.807) is 6.07 Å². The number of nitrogens with one attached hydrogen (secondary N) is 1. The lowest BCUT2D eigenvalue weighted by Gasteiger charge is -1.87. The summed E-state index contributed by atoms with van der Waals surface area (Å²) in [6.45, 7) is 0. The highest BCUT2D eigenvalue weighted by Gasteiger charge is 1.98. The fourth-order valence-corrected chi connectivity index (χ4v) is 1.09. The topological polar surface area (TPSA) is 36.0 Å². The van der Waals surface area contributed by atoms with Gasteiger partial charge in [0.2, 0.25) is 0 Å². The Bertz CT molecular complexity index is 394. The van der Waals surface area contributed by atoms with Crippen molar-refractivity contribution < 1.29 is 9.50 Å². The van der Waals surface area contributed by atoms with Gasteiger partial charge in [-0.25, -0.2) is 4.39 Å². The second kappa shape index (κ2) is 1.99. The third-order valence-electron chi connectivity index (χ3n) is 1.57. The van der Waals surface area contributed by atoms with Crippen LogP contribution in [0.15, 0.2) is 24.3 Å². The molecule has 2 nitrogen and oxygen atoms in total. The molecule has 0 aliphatic carbocycles. The Balaban J connectivity index is 2.82. The van der Waals surface area contributed by atoms with E-state index in [-0.39, 0.29) is 11.7 Å². The van der Waals surface area contributed by atoms with E-state index in [0.29, 0.717) is 5.39 Å². The Morgan fingerprint density at radius 3 is 2.91 bits per heavy atom. The highest BCUT2D eigenvalue weighted by atomic mass is 19.1. The SMILES string of the molecule is Oc1cc2cc(F)ccc2[nH]1. The van der Waals surface area contributed by atoms with Crippen molar-refractivity contribution in [1.82, 2.24) is 4.98 Å². The fourth-order valence-electron chi connectivity index (χ4n) is 1.09. The van der Waals surface area contributed by atoms with Crippen molar-refractivity contribution in [2.24, 2.45) is 0 Å². The molecule has 1 heterocycles. The molecule has 2 aromatic rings. The van der Waals surface area contributed by atoms with Gasteiger partial charge in [-0.15, -0.1) is 0 Å². The molecular weight excluding hydrogens is 145 g/mol. The van der Waals surface area contributed by atoms with Crippen molar-refractivity contribution in [2.75, 3.05) is 0 Å². The average Bonchev–Trinajstić information content (AvgIpc) is 2.27. The van der Waals surface area contributed by atoms with Crippen LogP contribution in [0.25, 0.3) is 10.9 Å². The predicted octanol–water partition coefficient (Wildman–Crippen LogP) is 2.01. The van der Waals surface area contributed by atoms with Crippen LogP contribution in [-0.4, -0.2) is 10.1 Å². The lowest BCUT2D eigenvalue weighted by molar-refractivity contribution is 0.458. The van der Waals surface area contributed by atoms with Crippen LogP contribution in [0.2, 0.25) is 0 Å². The smallest absolute Gasteiger partial charge is 0.189 e. The van der Waals surface area contributed by atoms with Crippen LogP contribution in [-0.2, 0) is 0 Å². The molecule has 1 aromatic heterocycles. The number of hydrogen-bond donors (Lipinski definition) is 2. The highest BCUT2D eigenvalue weighted by Crippen LogP contribution is 2.19. The summed E-state index contributed by atoms with van der Waals surface area (Å²) in [4.78, 5) is 2.67. The zero-order chi connectivity index (χ0) is 7.84. The van der Waals surface area contributed by atoms with Crippen molar-refractivity contribution >= 4 is 10.9 Å². The molecule has 0 spiro atoms. The summed E-state index contributed by atoms with van der Waals surface area (Å²) >= 11 is 0. The van der Waals surface area contributed by atoms with Crippen molar-refractivity contribution in [3.63, 3.8) is 0 Å². The van der Waals surface area contributed by atoms with Crippen molar-refractivity contribution in [3.8, 4) is 5.88 Å². The van der Waals surface area contributed by atoms with Crippen molar-refractivity contribution in [1.29, 1.82) is 0 Å². The van der Waals surface area contributed by atoms with Crippen molar-refractivity contribution in [3.05, 3.63) is 30.1 Å². The summed E-state index contributed by atoms with van der Waals surface area (Å²) in [6, 6.07) is 5.78. The molecule has 0 bridgehead atoms. The largest absolute Gasteiger partial charge is 0.495 e. The Kier molecular flexibility index (Phi) is 1.12. The van der Waals surface area contributed by atoms with Crippen LogP contribution in [0.3, 0.4) is 0 Å². The lowest BCUT2D eigenvalue weighted by atomic mass is 10.2. The molecule has 0 fully saturated rings. The van der Waals surface area contributed by atoms with Gasteiger partial charge in [-0.1, -0.05) is 0 Å². The number of benzene rings is 1. The zero-order valence-electron chi connectivity index (χ0n) is 5.63. The number of H-pyrrole nitrogens is 1. The van der Waals surface area contributed by atoms with E-state index in [1.165, 1.54) is 18.2 Å². The molecule has 0 saturated carbocycles. The minimum absolute atomic E-state index is 0.0607. The average molecular weight is 151 g/mol. The fraction of sp³-hybridized carbons (Fsp3) is 0. The first-order chi connectivity index (χ1) is 5.25. The number of aromatic nitrogens is 1. The molecule has 2 rings (SSSR count). The second-order valence-corrected chi connectivity index (χ2v) is 2.39. The zero-order valence-corrected chi connectivity index (χ0v) is 5.63. The van der Waals surface area contributed by atoms with Gasteiger partial charge < -0.3 is 10.1 Å². The molecule has 0 unspecified atom stereocenters. The third-order valence-corrected chi connectivity index (χ3v) is 1.57. The molecule has 1 aromatic carbocycles. The van der Waals surface area contributed by atoms with Gasteiger partial charge in [0.1, 0.15) is 5.82 Å². The Labute approximate surface area is 62.3 Å². The lowest BCUT2D eigenvalue weighted by Crippen LogP contribution is -1.70.